The van der Waals surface area contributed by atoms with Crippen LogP contribution in [0.1, 0.15) is 232 Å². The molecule has 0 amide bonds. The van der Waals surface area contributed by atoms with Crippen LogP contribution in [-0.2, 0) is 19.1 Å². The Kier molecular flexibility index (Phi) is 37.2. The van der Waals surface area contributed by atoms with Crippen molar-refractivity contribution in [1.82, 2.24) is 0 Å². The van der Waals surface area contributed by atoms with Gasteiger partial charge in [-0.2, -0.15) is 0 Å². The third-order valence-electron chi connectivity index (χ3n) is 9.03. The summed E-state index contributed by atoms with van der Waals surface area (Å²) in [5.74, 6) is 0.00931. The number of hydrogen-bond acceptors (Lipinski definition) is 4. The molecule has 0 aliphatic rings. The van der Waals surface area contributed by atoms with Gasteiger partial charge in [-0.15, -0.1) is 0 Å². The fourth-order valence-corrected chi connectivity index (χ4v) is 6.00. The van der Waals surface area contributed by atoms with E-state index >= 15 is 0 Å². The lowest BCUT2D eigenvalue weighted by Gasteiger charge is -2.06. The van der Waals surface area contributed by atoms with E-state index in [4.69, 9.17) is 9.47 Å². The molecule has 0 fully saturated rings. The minimum absolute atomic E-state index is 0.00349. The molecule has 0 bridgehead atoms. The van der Waals surface area contributed by atoms with Crippen molar-refractivity contribution >= 4 is 11.9 Å². The van der Waals surface area contributed by atoms with Crippen LogP contribution in [0.3, 0.4) is 0 Å². The first-order chi connectivity index (χ1) is 21.7. The summed E-state index contributed by atoms with van der Waals surface area (Å²) in [5, 5.41) is 0. The van der Waals surface area contributed by atoms with Crippen LogP contribution in [0.4, 0.5) is 0 Å². The number of carbonyl (C=O) groups is 2. The maximum absolute atomic E-state index is 11.9. The summed E-state index contributed by atoms with van der Waals surface area (Å²) >= 11 is 0. The molecule has 0 aliphatic carbocycles. The third-order valence-corrected chi connectivity index (χ3v) is 9.03. The topological polar surface area (TPSA) is 52.6 Å². The van der Waals surface area contributed by atoms with Gasteiger partial charge in [0.15, 0.2) is 0 Å². The lowest BCUT2D eigenvalue weighted by molar-refractivity contribution is -0.144. The summed E-state index contributed by atoms with van der Waals surface area (Å²) in [6.45, 7) is 5.74. The Labute approximate surface area is 276 Å². The molecule has 0 heterocycles. The molecule has 0 aromatic heterocycles. The molecule has 4 nitrogen and oxygen atoms in total. The van der Waals surface area contributed by atoms with Crippen molar-refractivity contribution in [2.24, 2.45) is 0 Å². The normalized spacial score (nSPS) is 11.2. The second kappa shape index (κ2) is 38.1. The summed E-state index contributed by atoms with van der Waals surface area (Å²) in [5.41, 5.74) is 0. The molecule has 0 aromatic rings. The first kappa shape index (κ1) is 42.9. The lowest BCUT2D eigenvalue weighted by Crippen LogP contribution is -2.05. The van der Waals surface area contributed by atoms with Gasteiger partial charge in [0.2, 0.25) is 0 Å². The first-order valence-electron chi connectivity index (χ1n) is 20.0. The molecule has 44 heavy (non-hydrogen) atoms. The summed E-state index contributed by atoms with van der Waals surface area (Å²) in [6, 6.07) is 0. The van der Waals surface area contributed by atoms with Crippen LogP contribution in [0, 0.1) is 0 Å². The highest BCUT2D eigenvalue weighted by Gasteiger charge is 2.04. The van der Waals surface area contributed by atoms with E-state index in [0.717, 1.165) is 25.7 Å². The number of esters is 2. The van der Waals surface area contributed by atoms with Gasteiger partial charge in [-0.1, -0.05) is 194 Å². The van der Waals surface area contributed by atoms with Gasteiger partial charge in [-0.25, -0.2) is 0 Å². The maximum Gasteiger partial charge on any atom is 0.305 e. The van der Waals surface area contributed by atoms with Crippen molar-refractivity contribution in [3.63, 3.8) is 0 Å². The Balaban J connectivity index is 3.20. The second-order valence-electron chi connectivity index (χ2n) is 13.5. The molecule has 262 valence electrons. The molecule has 0 unspecified atom stereocenters. The zero-order chi connectivity index (χ0) is 32.0. The van der Waals surface area contributed by atoms with Crippen LogP contribution in [0.2, 0.25) is 0 Å². The molecule has 0 saturated carbocycles. The Bertz CT molecular complexity index is 576. The molecule has 0 aliphatic heterocycles. The molecule has 0 radical (unpaired) electrons. The van der Waals surface area contributed by atoms with Crippen molar-refractivity contribution in [1.29, 1.82) is 0 Å². The van der Waals surface area contributed by atoms with Crippen LogP contribution in [0.25, 0.3) is 0 Å². The monoisotopic (exact) mass is 623 g/mol. The molecule has 0 N–H and O–H groups in total. The Morgan fingerprint density at radius 2 is 0.500 bits per heavy atom. The minimum atomic E-state index is 0.00349. The highest BCUT2D eigenvalue weighted by atomic mass is 16.5. The number of hydrogen-bond donors (Lipinski definition) is 0. The Hall–Kier alpha value is -1.06. The number of ether oxygens (including phenoxy) is 2. The average Bonchev–Trinajstić information content (AvgIpc) is 3.02. The van der Waals surface area contributed by atoms with Crippen molar-refractivity contribution in [2.45, 2.75) is 232 Å². The largest absolute Gasteiger partial charge is 0.466 e. The second-order valence-corrected chi connectivity index (χ2v) is 13.5. The summed E-state index contributed by atoms with van der Waals surface area (Å²) < 4.78 is 10.8. The predicted molar refractivity (Wildman–Crippen MR) is 190 cm³/mol. The number of rotatable bonds is 37. The molecule has 0 spiro atoms. The van der Waals surface area contributed by atoms with Crippen molar-refractivity contribution in [3.05, 3.63) is 0 Å². The fraction of sp³-hybridized carbons (Fsp3) is 0.950. The van der Waals surface area contributed by atoms with Gasteiger partial charge in [0, 0.05) is 12.8 Å². The fourth-order valence-electron chi connectivity index (χ4n) is 6.00. The van der Waals surface area contributed by atoms with E-state index < -0.39 is 0 Å². The third kappa shape index (κ3) is 37.1. The SMILES string of the molecule is CCCCCCCCCCCCCC(=O)OCCCCCCCCCCCCCCOC(=O)CCCCCCCCCCC. The Morgan fingerprint density at radius 1 is 0.295 bits per heavy atom. The van der Waals surface area contributed by atoms with E-state index in [-0.39, 0.29) is 11.9 Å². The predicted octanol–water partition coefficient (Wildman–Crippen LogP) is 13.4. The van der Waals surface area contributed by atoms with Gasteiger partial charge >= 0.3 is 11.9 Å². The van der Waals surface area contributed by atoms with Crippen molar-refractivity contribution < 1.29 is 19.1 Å². The molecule has 0 aromatic carbocycles. The van der Waals surface area contributed by atoms with E-state index in [1.807, 2.05) is 0 Å². The van der Waals surface area contributed by atoms with Crippen LogP contribution < -0.4 is 0 Å². The van der Waals surface area contributed by atoms with Gasteiger partial charge in [-0.05, 0) is 25.7 Å². The molecule has 0 rings (SSSR count). The van der Waals surface area contributed by atoms with E-state index in [1.165, 1.54) is 180 Å². The maximum atomic E-state index is 11.9. The highest BCUT2D eigenvalue weighted by molar-refractivity contribution is 5.69. The minimum Gasteiger partial charge on any atom is -0.466 e. The molecular weight excluding hydrogens is 544 g/mol. The summed E-state index contributed by atoms with van der Waals surface area (Å²) in [6.07, 6.45) is 42.0. The van der Waals surface area contributed by atoms with Crippen LogP contribution in [0.15, 0.2) is 0 Å². The van der Waals surface area contributed by atoms with Gasteiger partial charge in [0.25, 0.3) is 0 Å². The summed E-state index contributed by atoms with van der Waals surface area (Å²) in [7, 11) is 0. The zero-order valence-electron chi connectivity index (χ0n) is 30.1. The van der Waals surface area contributed by atoms with Crippen molar-refractivity contribution in [2.75, 3.05) is 13.2 Å². The molecular formula is C40H78O4. The molecule has 4 heteroatoms. The van der Waals surface area contributed by atoms with Crippen LogP contribution in [-0.4, -0.2) is 25.2 Å². The van der Waals surface area contributed by atoms with Crippen LogP contribution >= 0.6 is 0 Å². The number of unbranched alkanes of at least 4 members (excludes halogenated alkanes) is 29. The van der Waals surface area contributed by atoms with E-state index in [2.05, 4.69) is 13.8 Å². The standard InChI is InChI=1S/C40H78O4/c1-3-5-7-9-11-13-16-20-24-28-32-36-40(42)44-38-34-30-26-22-18-15-14-17-21-25-29-33-37-43-39(41)35-31-27-23-19-12-10-8-6-4-2/h3-38H2,1-2H3. The average molecular weight is 623 g/mol. The van der Waals surface area contributed by atoms with E-state index in [9.17, 15) is 9.59 Å². The first-order valence-corrected chi connectivity index (χ1v) is 20.0. The van der Waals surface area contributed by atoms with E-state index in [0.29, 0.717) is 26.1 Å². The zero-order valence-corrected chi connectivity index (χ0v) is 30.1. The smallest absolute Gasteiger partial charge is 0.305 e. The van der Waals surface area contributed by atoms with Gasteiger partial charge < -0.3 is 9.47 Å². The van der Waals surface area contributed by atoms with E-state index in [1.54, 1.807) is 0 Å². The molecule has 0 atom stereocenters. The van der Waals surface area contributed by atoms with Gasteiger partial charge in [0.1, 0.15) is 0 Å². The Morgan fingerprint density at radius 3 is 0.750 bits per heavy atom. The molecule has 0 saturated heterocycles. The highest BCUT2D eigenvalue weighted by Crippen LogP contribution is 2.15. The number of carbonyl (C=O) groups excluding carboxylic acids is 2. The summed E-state index contributed by atoms with van der Waals surface area (Å²) in [4.78, 5) is 23.8. The quantitative estimate of drug-likeness (QED) is 0.0511. The van der Waals surface area contributed by atoms with Crippen LogP contribution in [0.5, 0.6) is 0 Å². The van der Waals surface area contributed by atoms with Gasteiger partial charge in [0.05, 0.1) is 13.2 Å². The van der Waals surface area contributed by atoms with Crippen molar-refractivity contribution in [3.8, 4) is 0 Å². The lowest BCUT2D eigenvalue weighted by atomic mass is 10.1. The van der Waals surface area contributed by atoms with Gasteiger partial charge in [-0.3, -0.25) is 9.59 Å².